The largest absolute Gasteiger partial charge is 0.469 e. The Morgan fingerprint density at radius 2 is 2.12 bits per heavy atom. The van der Waals surface area contributed by atoms with Crippen LogP contribution in [0.5, 0.6) is 0 Å². The molecule has 1 amide bonds. The predicted molar refractivity (Wildman–Crippen MR) is 84.8 cm³/mol. The first-order valence-corrected chi connectivity index (χ1v) is 8.29. The van der Waals surface area contributed by atoms with E-state index in [0.29, 0.717) is 25.2 Å². The molecule has 138 valence electrons. The second kappa shape index (κ2) is 5.78. The van der Waals surface area contributed by atoms with Crippen molar-refractivity contribution in [3.05, 3.63) is 17.5 Å². The molecule has 1 saturated carbocycles. The van der Waals surface area contributed by atoms with Crippen molar-refractivity contribution in [1.82, 2.24) is 14.7 Å². The first kappa shape index (κ1) is 17.8. The number of rotatable bonds is 4. The average Bonchev–Trinajstić information content (AvgIpc) is 3.06. The molecule has 2 fully saturated rings. The Hall–Kier alpha value is -1.99. The first-order chi connectivity index (χ1) is 11.6. The molecule has 25 heavy (non-hydrogen) atoms. The highest BCUT2D eigenvalue weighted by atomic mass is 19.3. The molecular formula is C17H23F2N3O3. The molecule has 1 aliphatic heterocycles. The van der Waals surface area contributed by atoms with E-state index in [2.05, 4.69) is 18.9 Å². The fourth-order valence-electron chi connectivity index (χ4n) is 4.59. The van der Waals surface area contributed by atoms with Crippen LogP contribution in [0.3, 0.4) is 0 Å². The summed E-state index contributed by atoms with van der Waals surface area (Å²) >= 11 is 0. The lowest BCUT2D eigenvalue weighted by Crippen LogP contribution is -2.57. The van der Waals surface area contributed by atoms with Gasteiger partial charge in [0, 0.05) is 18.8 Å². The maximum Gasteiger partial charge on any atom is 0.314 e. The number of methoxy groups -OCH3 is 1. The SMILES string of the molecule is COC(=O)[C@@]12CN(C(=O)Cn3nc(C(F)F)cc3C)C[C@@H]1C(C)(C)C2. The molecule has 0 bridgehead atoms. The van der Waals surface area contributed by atoms with E-state index >= 15 is 0 Å². The highest BCUT2D eigenvalue weighted by Crippen LogP contribution is 2.63. The number of alkyl halides is 2. The number of hydrogen-bond acceptors (Lipinski definition) is 4. The Labute approximate surface area is 145 Å². The summed E-state index contributed by atoms with van der Waals surface area (Å²) in [6, 6.07) is 1.28. The minimum absolute atomic E-state index is 0.0340. The molecule has 2 aliphatic rings. The van der Waals surface area contributed by atoms with Crippen LogP contribution >= 0.6 is 0 Å². The van der Waals surface area contributed by atoms with Gasteiger partial charge >= 0.3 is 5.97 Å². The Morgan fingerprint density at radius 3 is 2.64 bits per heavy atom. The highest BCUT2D eigenvalue weighted by molar-refractivity contribution is 5.83. The van der Waals surface area contributed by atoms with E-state index < -0.39 is 11.8 Å². The molecule has 0 aromatic carbocycles. The number of aromatic nitrogens is 2. The molecule has 2 atom stereocenters. The van der Waals surface area contributed by atoms with Crippen LogP contribution in [0.15, 0.2) is 6.07 Å². The maximum absolute atomic E-state index is 12.8. The number of halogens is 2. The third-order valence-corrected chi connectivity index (χ3v) is 5.71. The molecule has 1 saturated heterocycles. The Kier molecular flexibility index (Phi) is 4.12. The highest BCUT2D eigenvalue weighted by Gasteiger charge is 2.68. The van der Waals surface area contributed by atoms with Crippen LogP contribution in [0.25, 0.3) is 0 Å². The molecule has 1 aromatic rings. The van der Waals surface area contributed by atoms with Crippen molar-refractivity contribution >= 4 is 11.9 Å². The number of fused-ring (bicyclic) bond motifs is 1. The zero-order chi connectivity index (χ0) is 18.6. The summed E-state index contributed by atoms with van der Waals surface area (Å²) in [6.45, 7) is 6.48. The quantitative estimate of drug-likeness (QED) is 0.777. The zero-order valence-electron chi connectivity index (χ0n) is 14.9. The van der Waals surface area contributed by atoms with Gasteiger partial charge in [-0.1, -0.05) is 13.8 Å². The third-order valence-electron chi connectivity index (χ3n) is 5.71. The second-order valence-electron chi connectivity index (χ2n) is 7.81. The van der Waals surface area contributed by atoms with Gasteiger partial charge in [-0.25, -0.2) is 8.78 Å². The number of carbonyl (C=O) groups excluding carboxylic acids is 2. The maximum atomic E-state index is 12.8. The summed E-state index contributed by atoms with van der Waals surface area (Å²) in [5, 5.41) is 3.80. The van der Waals surface area contributed by atoms with Crippen molar-refractivity contribution in [3.63, 3.8) is 0 Å². The fraction of sp³-hybridized carbons (Fsp3) is 0.706. The van der Waals surface area contributed by atoms with Gasteiger partial charge in [-0.05, 0) is 30.7 Å². The van der Waals surface area contributed by atoms with Gasteiger partial charge in [0.1, 0.15) is 12.2 Å². The van der Waals surface area contributed by atoms with E-state index in [1.165, 1.54) is 17.9 Å². The normalized spacial score (nSPS) is 27.2. The van der Waals surface area contributed by atoms with Crippen molar-refractivity contribution in [2.45, 2.75) is 40.2 Å². The molecule has 1 aliphatic carbocycles. The lowest BCUT2D eigenvalue weighted by atomic mass is 9.48. The number of amides is 1. The summed E-state index contributed by atoms with van der Waals surface area (Å²) in [7, 11) is 1.36. The number of hydrogen-bond donors (Lipinski definition) is 0. The predicted octanol–water partition coefficient (Wildman–Crippen LogP) is 2.18. The van der Waals surface area contributed by atoms with Crippen molar-refractivity contribution < 1.29 is 23.1 Å². The smallest absolute Gasteiger partial charge is 0.314 e. The van der Waals surface area contributed by atoms with Crippen LogP contribution in [0.2, 0.25) is 0 Å². The molecule has 2 heterocycles. The fourth-order valence-corrected chi connectivity index (χ4v) is 4.59. The topological polar surface area (TPSA) is 64.4 Å². The van der Waals surface area contributed by atoms with Gasteiger partial charge in [0.15, 0.2) is 0 Å². The van der Waals surface area contributed by atoms with E-state index in [-0.39, 0.29) is 35.4 Å². The monoisotopic (exact) mass is 355 g/mol. The molecule has 0 N–H and O–H groups in total. The van der Waals surface area contributed by atoms with Crippen molar-refractivity contribution in [3.8, 4) is 0 Å². The van der Waals surface area contributed by atoms with Crippen LogP contribution in [0, 0.1) is 23.7 Å². The van der Waals surface area contributed by atoms with Crippen LogP contribution in [0.1, 0.15) is 38.1 Å². The van der Waals surface area contributed by atoms with E-state index in [9.17, 15) is 18.4 Å². The zero-order valence-corrected chi connectivity index (χ0v) is 14.9. The summed E-state index contributed by atoms with van der Waals surface area (Å²) in [5.74, 6) is -0.449. The lowest BCUT2D eigenvalue weighted by molar-refractivity contribution is -0.174. The van der Waals surface area contributed by atoms with E-state index in [1.54, 1.807) is 11.8 Å². The molecule has 3 rings (SSSR count). The summed E-state index contributed by atoms with van der Waals surface area (Å²) < 4.78 is 31.8. The minimum atomic E-state index is -2.67. The van der Waals surface area contributed by atoms with Gasteiger partial charge in [-0.2, -0.15) is 5.10 Å². The second-order valence-corrected chi connectivity index (χ2v) is 7.81. The standard InChI is InChI=1S/C17H23F2N3O3/c1-10-5-11(14(18)19)20-22(10)7-13(23)21-6-12-16(2,3)8-17(12,9-21)15(24)25-4/h5,12,14H,6-9H2,1-4H3/t12-,17+/m1/s1. The number of likely N-dealkylation sites (tertiary alicyclic amines) is 1. The van der Waals surface area contributed by atoms with Crippen LogP contribution in [-0.2, 0) is 20.9 Å². The third kappa shape index (κ3) is 2.71. The summed E-state index contributed by atoms with van der Waals surface area (Å²) in [5.41, 5.74) is -0.498. The van der Waals surface area contributed by atoms with Crippen LogP contribution in [0.4, 0.5) is 8.78 Å². The molecule has 0 unspecified atom stereocenters. The number of carbonyl (C=O) groups is 2. The minimum Gasteiger partial charge on any atom is -0.469 e. The molecule has 8 heteroatoms. The number of nitrogens with zero attached hydrogens (tertiary/aromatic N) is 3. The van der Waals surface area contributed by atoms with Crippen molar-refractivity contribution in [2.75, 3.05) is 20.2 Å². The number of aryl methyl sites for hydroxylation is 1. The van der Waals surface area contributed by atoms with Crippen LogP contribution < -0.4 is 0 Å². The number of ether oxygens (including phenoxy) is 1. The summed E-state index contributed by atoms with van der Waals surface area (Å²) in [4.78, 5) is 26.6. The molecule has 0 radical (unpaired) electrons. The molecular weight excluding hydrogens is 332 g/mol. The van der Waals surface area contributed by atoms with Gasteiger partial charge in [0.2, 0.25) is 5.91 Å². The van der Waals surface area contributed by atoms with Crippen molar-refractivity contribution in [2.24, 2.45) is 16.7 Å². The van der Waals surface area contributed by atoms with Gasteiger partial charge in [0.05, 0.1) is 12.5 Å². The van der Waals surface area contributed by atoms with E-state index in [1.807, 2.05) is 0 Å². The number of esters is 1. The van der Waals surface area contributed by atoms with Crippen molar-refractivity contribution in [1.29, 1.82) is 0 Å². The van der Waals surface area contributed by atoms with E-state index in [0.717, 1.165) is 0 Å². The lowest BCUT2D eigenvalue weighted by Gasteiger charge is -2.54. The van der Waals surface area contributed by atoms with Crippen LogP contribution in [-0.4, -0.2) is 46.8 Å². The molecule has 6 nitrogen and oxygen atoms in total. The first-order valence-electron chi connectivity index (χ1n) is 8.29. The summed E-state index contributed by atoms with van der Waals surface area (Å²) in [6.07, 6.45) is -1.99. The van der Waals surface area contributed by atoms with Gasteiger partial charge in [-0.3, -0.25) is 14.3 Å². The Morgan fingerprint density at radius 1 is 1.44 bits per heavy atom. The van der Waals surface area contributed by atoms with E-state index in [4.69, 9.17) is 4.74 Å². The van der Waals surface area contributed by atoms with Gasteiger partial charge in [0.25, 0.3) is 6.43 Å². The van der Waals surface area contributed by atoms with Gasteiger partial charge in [-0.15, -0.1) is 0 Å². The van der Waals surface area contributed by atoms with Gasteiger partial charge < -0.3 is 9.64 Å². The Balaban J connectivity index is 1.75. The Bertz CT molecular complexity index is 716. The molecule has 0 spiro atoms. The molecule has 1 aromatic heterocycles. The average molecular weight is 355 g/mol.